The molecule has 3 N–H and O–H groups in total. The maximum Gasteiger partial charge on any atom is 0.291 e. The highest BCUT2D eigenvalue weighted by Gasteiger charge is 2.04. The summed E-state index contributed by atoms with van der Waals surface area (Å²) >= 11 is 0. The molecule has 0 bridgehead atoms. The second-order valence-corrected chi connectivity index (χ2v) is 2.84. The average molecular weight is 178 g/mol. The van der Waals surface area contributed by atoms with Gasteiger partial charge in [0.2, 0.25) is 5.65 Å². The predicted octanol–water partition coefficient (Wildman–Crippen LogP) is 0.167. The van der Waals surface area contributed by atoms with Crippen molar-refractivity contribution in [3.8, 4) is 0 Å². The molecular weight excluding hydrogens is 168 g/mol. The van der Waals surface area contributed by atoms with Crippen molar-refractivity contribution >= 4 is 11.5 Å². The van der Waals surface area contributed by atoms with Gasteiger partial charge < -0.3 is 10.7 Å². The summed E-state index contributed by atoms with van der Waals surface area (Å²) in [7, 11) is 0. The summed E-state index contributed by atoms with van der Waals surface area (Å²) in [6.45, 7) is 1.96. The molecule has 0 spiro atoms. The maximum atomic E-state index is 11.4. The Labute approximate surface area is 74.2 Å². The third-order valence-electron chi connectivity index (χ3n) is 1.97. The van der Waals surface area contributed by atoms with Gasteiger partial charge in [0.15, 0.2) is 0 Å². The summed E-state index contributed by atoms with van der Waals surface area (Å²) in [6, 6.07) is 0. The molecule has 0 aliphatic carbocycles. The number of aromatic amines is 1. The normalized spacial score (nSPS) is 10.8. The number of hydrogen-bond donors (Lipinski definition) is 2. The fourth-order valence-corrected chi connectivity index (χ4v) is 1.25. The van der Waals surface area contributed by atoms with Gasteiger partial charge in [0, 0.05) is 11.9 Å². The number of rotatable bonds is 1. The van der Waals surface area contributed by atoms with Crippen LogP contribution in [0, 0.1) is 0 Å². The number of nitrogens with one attached hydrogen (secondary N) is 1. The maximum absolute atomic E-state index is 11.4. The molecule has 13 heavy (non-hydrogen) atoms. The number of nitrogens with zero attached hydrogens (tertiary/aromatic N) is 2. The van der Waals surface area contributed by atoms with Gasteiger partial charge in [0.05, 0.1) is 6.20 Å². The van der Waals surface area contributed by atoms with Crippen molar-refractivity contribution in [2.75, 3.05) is 5.73 Å². The second-order valence-electron chi connectivity index (χ2n) is 2.84. The molecule has 68 valence electrons. The Balaban J connectivity index is 2.88. The zero-order chi connectivity index (χ0) is 9.42. The first-order chi connectivity index (χ1) is 6.22. The van der Waals surface area contributed by atoms with Gasteiger partial charge in [-0.2, -0.15) is 0 Å². The van der Waals surface area contributed by atoms with Crippen LogP contribution in [0.25, 0.3) is 5.65 Å². The molecular formula is C8H10N4O. The molecule has 0 atom stereocenters. The van der Waals surface area contributed by atoms with Crippen molar-refractivity contribution in [1.82, 2.24) is 14.4 Å². The highest BCUT2D eigenvalue weighted by atomic mass is 16.1. The predicted molar refractivity (Wildman–Crippen MR) is 49.6 cm³/mol. The van der Waals surface area contributed by atoms with E-state index in [0.717, 1.165) is 12.1 Å². The van der Waals surface area contributed by atoms with Crippen molar-refractivity contribution < 1.29 is 0 Å². The van der Waals surface area contributed by atoms with Gasteiger partial charge in [-0.3, -0.25) is 9.20 Å². The van der Waals surface area contributed by atoms with Gasteiger partial charge in [-0.25, -0.2) is 4.98 Å². The van der Waals surface area contributed by atoms with Crippen LogP contribution in [-0.4, -0.2) is 14.4 Å². The monoisotopic (exact) mass is 178 g/mol. The molecule has 0 saturated carbocycles. The summed E-state index contributed by atoms with van der Waals surface area (Å²) in [5.74, 6) is 0.482. The Morgan fingerprint density at radius 3 is 3.15 bits per heavy atom. The van der Waals surface area contributed by atoms with E-state index in [9.17, 15) is 4.79 Å². The Kier molecular flexibility index (Phi) is 1.58. The van der Waals surface area contributed by atoms with Crippen LogP contribution in [0.1, 0.15) is 12.6 Å². The lowest BCUT2D eigenvalue weighted by Crippen LogP contribution is -2.13. The molecule has 0 fully saturated rings. The highest BCUT2D eigenvalue weighted by molar-refractivity contribution is 5.46. The summed E-state index contributed by atoms with van der Waals surface area (Å²) in [6.07, 6.45) is 4.03. The van der Waals surface area contributed by atoms with Crippen molar-refractivity contribution in [2.45, 2.75) is 13.3 Å². The Bertz CT molecular complexity index is 496. The molecule has 5 heteroatoms. The van der Waals surface area contributed by atoms with Crippen molar-refractivity contribution in [1.29, 1.82) is 0 Å². The number of H-pyrrole nitrogens is 1. The minimum atomic E-state index is -0.198. The van der Waals surface area contributed by atoms with E-state index in [-0.39, 0.29) is 5.56 Å². The molecule has 0 amide bonds. The van der Waals surface area contributed by atoms with E-state index in [1.165, 1.54) is 6.20 Å². The number of nitrogen functional groups attached to an aromatic ring is 1. The van der Waals surface area contributed by atoms with Crippen LogP contribution in [0.3, 0.4) is 0 Å². The minimum Gasteiger partial charge on any atom is -0.383 e. The van der Waals surface area contributed by atoms with Crippen molar-refractivity contribution in [2.24, 2.45) is 0 Å². The molecule has 0 aromatic carbocycles. The number of hydrogen-bond acceptors (Lipinski definition) is 3. The smallest absolute Gasteiger partial charge is 0.291 e. The van der Waals surface area contributed by atoms with E-state index >= 15 is 0 Å². The number of anilines is 1. The summed E-state index contributed by atoms with van der Waals surface area (Å²) in [5, 5.41) is 0. The van der Waals surface area contributed by atoms with Gasteiger partial charge in [0.25, 0.3) is 5.56 Å². The SMILES string of the molecule is CCc1cn2c(N)cnc2c(=O)[nH]1. The largest absolute Gasteiger partial charge is 0.383 e. The van der Waals surface area contributed by atoms with E-state index in [2.05, 4.69) is 9.97 Å². The molecule has 0 aliphatic heterocycles. The Morgan fingerprint density at radius 1 is 1.69 bits per heavy atom. The van der Waals surface area contributed by atoms with Gasteiger partial charge in [-0.1, -0.05) is 6.92 Å². The summed E-state index contributed by atoms with van der Waals surface area (Å²) < 4.78 is 1.59. The number of fused-ring (bicyclic) bond motifs is 1. The average Bonchev–Trinajstić information content (AvgIpc) is 2.48. The molecule has 5 nitrogen and oxygen atoms in total. The Hall–Kier alpha value is -1.78. The van der Waals surface area contributed by atoms with Crippen LogP contribution in [0.2, 0.25) is 0 Å². The van der Waals surface area contributed by atoms with Crippen LogP contribution < -0.4 is 11.3 Å². The zero-order valence-electron chi connectivity index (χ0n) is 7.24. The molecule has 2 heterocycles. The van der Waals surface area contributed by atoms with Gasteiger partial charge in [-0.15, -0.1) is 0 Å². The minimum absolute atomic E-state index is 0.198. The van der Waals surface area contributed by atoms with E-state index in [1.54, 1.807) is 10.6 Å². The lowest BCUT2D eigenvalue weighted by atomic mass is 10.3. The lowest BCUT2D eigenvalue weighted by Gasteiger charge is -1.99. The van der Waals surface area contributed by atoms with Crippen LogP contribution in [0.4, 0.5) is 5.82 Å². The standard InChI is InChI=1S/C8H10N4O/c1-2-5-4-12-6(9)3-10-7(12)8(13)11-5/h3-4H,2,9H2,1H3,(H,11,13). The van der Waals surface area contributed by atoms with E-state index in [0.29, 0.717) is 11.5 Å². The van der Waals surface area contributed by atoms with Crippen LogP contribution >= 0.6 is 0 Å². The van der Waals surface area contributed by atoms with E-state index in [1.807, 2.05) is 6.92 Å². The summed E-state index contributed by atoms with van der Waals surface area (Å²) in [5.41, 5.74) is 6.61. The first-order valence-electron chi connectivity index (χ1n) is 4.07. The second kappa shape index (κ2) is 2.62. The number of nitrogens with two attached hydrogens (primary N) is 1. The lowest BCUT2D eigenvalue weighted by molar-refractivity contribution is 0.961. The fraction of sp³-hybridized carbons (Fsp3) is 0.250. The van der Waals surface area contributed by atoms with Gasteiger partial charge in [0.1, 0.15) is 5.82 Å². The molecule has 0 aliphatic rings. The van der Waals surface area contributed by atoms with Crippen LogP contribution in [0.15, 0.2) is 17.2 Å². The number of aryl methyl sites for hydroxylation is 1. The van der Waals surface area contributed by atoms with E-state index in [4.69, 9.17) is 5.73 Å². The number of aromatic nitrogens is 3. The fourth-order valence-electron chi connectivity index (χ4n) is 1.25. The Morgan fingerprint density at radius 2 is 2.46 bits per heavy atom. The molecule has 0 saturated heterocycles. The molecule has 0 radical (unpaired) electrons. The molecule has 2 rings (SSSR count). The third kappa shape index (κ3) is 1.09. The van der Waals surface area contributed by atoms with Gasteiger partial charge in [-0.05, 0) is 6.42 Å². The quantitative estimate of drug-likeness (QED) is 0.653. The zero-order valence-corrected chi connectivity index (χ0v) is 7.24. The highest BCUT2D eigenvalue weighted by Crippen LogP contribution is 2.04. The number of imidazole rings is 1. The van der Waals surface area contributed by atoms with Crippen LogP contribution in [-0.2, 0) is 6.42 Å². The summed E-state index contributed by atoms with van der Waals surface area (Å²) in [4.78, 5) is 18.0. The van der Waals surface area contributed by atoms with Crippen molar-refractivity contribution in [3.05, 3.63) is 28.4 Å². The molecule has 2 aromatic rings. The molecule has 0 unspecified atom stereocenters. The van der Waals surface area contributed by atoms with E-state index < -0.39 is 0 Å². The van der Waals surface area contributed by atoms with Crippen molar-refractivity contribution in [3.63, 3.8) is 0 Å². The first-order valence-corrected chi connectivity index (χ1v) is 4.07. The first kappa shape index (κ1) is 7.85. The van der Waals surface area contributed by atoms with Crippen LogP contribution in [0.5, 0.6) is 0 Å². The van der Waals surface area contributed by atoms with Gasteiger partial charge >= 0.3 is 0 Å². The molecule has 2 aromatic heterocycles. The third-order valence-corrected chi connectivity index (χ3v) is 1.97. The topological polar surface area (TPSA) is 76.2 Å².